The monoisotopic (exact) mass is 327 g/mol. The van der Waals surface area contributed by atoms with Crippen LogP contribution >= 0.6 is 0 Å². The van der Waals surface area contributed by atoms with E-state index in [0.717, 1.165) is 10.5 Å². The topological polar surface area (TPSA) is 55.8 Å². The number of methoxy groups -OCH3 is 1. The average Bonchev–Trinajstić information content (AvgIpc) is 2.59. The summed E-state index contributed by atoms with van der Waals surface area (Å²) in [5.41, 5.74) is 0.760. The molecule has 1 heterocycles. The Morgan fingerprint density at radius 2 is 1.96 bits per heavy atom. The standard InChI is InChI=1S/C16H19F2NO4/c1-22-15(20)12-7-8-13(14(17)18)19(9-12)16(21)23-10-11-5-3-2-4-6-11/h2-6,12-14H,7-10H2,1H3. The van der Waals surface area contributed by atoms with Crippen LogP contribution in [0.5, 0.6) is 0 Å². The highest BCUT2D eigenvalue weighted by molar-refractivity contribution is 5.75. The van der Waals surface area contributed by atoms with Crippen molar-refractivity contribution in [2.45, 2.75) is 31.9 Å². The molecule has 1 aliphatic rings. The number of ether oxygens (including phenoxy) is 2. The smallest absolute Gasteiger partial charge is 0.410 e. The van der Waals surface area contributed by atoms with Gasteiger partial charge in [-0.05, 0) is 18.4 Å². The van der Waals surface area contributed by atoms with Gasteiger partial charge in [0.1, 0.15) is 6.61 Å². The normalized spacial score (nSPS) is 21.1. The second-order valence-corrected chi connectivity index (χ2v) is 5.39. The molecular formula is C16H19F2NO4. The van der Waals surface area contributed by atoms with E-state index in [1.54, 1.807) is 24.3 Å². The third kappa shape index (κ3) is 4.40. The molecule has 7 heteroatoms. The zero-order valence-electron chi connectivity index (χ0n) is 12.8. The van der Waals surface area contributed by atoms with Crippen molar-refractivity contribution in [2.24, 2.45) is 5.92 Å². The maximum absolute atomic E-state index is 13.1. The van der Waals surface area contributed by atoms with Crippen LogP contribution in [0.3, 0.4) is 0 Å². The van der Waals surface area contributed by atoms with Gasteiger partial charge in [0, 0.05) is 6.54 Å². The summed E-state index contributed by atoms with van der Waals surface area (Å²) in [6.07, 6.45) is -3.22. The van der Waals surface area contributed by atoms with Crippen molar-refractivity contribution < 1.29 is 27.8 Å². The first kappa shape index (κ1) is 17.2. The Morgan fingerprint density at radius 1 is 1.26 bits per heavy atom. The SMILES string of the molecule is COC(=O)C1CCC(C(F)F)N(C(=O)OCc2ccccc2)C1. The number of likely N-dealkylation sites (tertiary alicyclic amines) is 1. The summed E-state index contributed by atoms with van der Waals surface area (Å²) in [6, 6.07) is 7.71. The van der Waals surface area contributed by atoms with Crippen LogP contribution in [0.15, 0.2) is 30.3 Å². The molecule has 1 aliphatic heterocycles. The molecule has 0 radical (unpaired) electrons. The average molecular weight is 327 g/mol. The number of halogens is 2. The van der Waals surface area contributed by atoms with Crippen LogP contribution in [0.25, 0.3) is 0 Å². The van der Waals surface area contributed by atoms with E-state index in [2.05, 4.69) is 4.74 Å². The third-order valence-corrected chi connectivity index (χ3v) is 3.89. The van der Waals surface area contributed by atoms with E-state index in [9.17, 15) is 18.4 Å². The van der Waals surface area contributed by atoms with Crippen molar-refractivity contribution >= 4 is 12.1 Å². The predicted octanol–water partition coefficient (Wildman–Crippen LogP) is 2.84. The summed E-state index contributed by atoms with van der Waals surface area (Å²) >= 11 is 0. The molecule has 2 rings (SSSR count). The predicted molar refractivity (Wildman–Crippen MR) is 77.9 cm³/mol. The Balaban J connectivity index is 2.01. The minimum atomic E-state index is -2.68. The second kappa shape index (κ2) is 7.89. The Morgan fingerprint density at radius 3 is 2.57 bits per heavy atom. The van der Waals surface area contributed by atoms with E-state index < -0.39 is 30.4 Å². The molecule has 23 heavy (non-hydrogen) atoms. The minimum Gasteiger partial charge on any atom is -0.469 e. The fraction of sp³-hybridized carbons (Fsp3) is 0.500. The van der Waals surface area contributed by atoms with Gasteiger partial charge in [-0.25, -0.2) is 13.6 Å². The zero-order chi connectivity index (χ0) is 16.8. The number of esters is 1. The van der Waals surface area contributed by atoms with Gasteiger partial charge in [0.25, 0.3) is 6.43 Å². The van der Waals surface area contributed by atoms with Crippen LogP contribution in [0, 0.1) is 5.92 Å². The van der Waals surface area contributed by atoms with Gasteiger partial charge in [0.05, 0.1) is 19.1 Å². The molecule has 1 amide bonds. The Bertz CT molecular complexity index is 538. The first-order valence-electron chi connectivity index (χ1n) is 7.36. The highest BCUT2D eigenvalue weighted by Gasteiger charge is 2.40. The van der Waals surface area contributed by atoms with Crippen LogP contribution in [0.4, 0.5) is 13.6 Å². The number of carbonyl (C=O) groups excluding carboxylic acids is 2. The maximum Gasteiger partial charge on any atom is 0.410 e. The van der Waals surface area contributed by atoms with Gasteiger partial charge in [-0.15, -0.1) is 0 Å². The van der Waals surface area contributed by atoms with Gasteiger partial charge < -0.3 is 9.47 Å². The summed E-state index contributed by atoms with van der Waals surface area (Å²) in [5.74, 6) is -1.10. The first-order valence-corrected chi connectivity index (χ1v) is 7.36. The number of alkyl halides is 2. The highest BCUT2D eigenvalue weighted by Crippen LogP contribution is 2.27. The van der Waals surface area contributed by atoms with E-state index in [4.69, 9.17) is 4.74 Å². The lowest BCUT2D eigenvalue weighted by molar-refractivity contribution is -0.148. The Labute approximate surface area is 133 Å². The Hall–Kier alpha value is -2.18. The van der Waals surface area contributed by atoms with Gasteiger partial charge in [-0.2, -0.15) is 0 Å². The molecule has 5 nitrogen and oxygen atoms in total. The molecule has 0 aromatic heterocycles. The lowest BCUT2D eigenvalue weighted by atomic mass is 9.93. The number of hydrogen-bond donors (Lipinski definition) is 0. The third-order valence-electron chi connectivity index (χ3n) is 3.89. The largest absolute Gasteiger partial charge is 0.469 e. The molecule has 0 saturated carbocycles. The van der Waals surface area contributed by atoms with Gasteiger partial charge in [-0.3, -0.25) is 9.69 Å². The molecule has 1 aromatic rings. The van der Waals surface area contributed by atoms with Crippen LogP contribution in [-0.2, 0) is 20.9 Å². The van der Waals surface area contributed by atoms with Crippen molar-refractivity contribution in [3.8, 4) is 0 Å². The number of carbonyl (C=O) groups is 2. The summed E-state index contributed by atoms with van der Waals surface area (Å²) in [7, 11) is 1.24. The van der Waals surface area contributed by atoms with E-state index in [-0.39, 0.29) is 26.0 Å². The molecule has 1 saturated heterocycles. The number of piperidine rings is 1. The van der Waals surface area contributed by atoms with Crippen molar-refractivity contribution in [3.63, 3.8) is 0 Å². The molecule has 2 unspecified atom stereocenters. The fourth-order valence-corrected chi connectivity index (χ4v) is 2.63. The summed E-state index contributed by atoms with van der Waals surface area (Å²) in [6.45, 7) is -0.121. The van der Waals surface area contributed by atoms with Crippen LogP contribution in [-0.4, -0.2) is 43.1 Å². The quantitative estimate of drug-likeness (QED) is 0.798. The zero-order valence-corrected chi connectivity index (χ0v) is 12.8. The van der Waals surface area contributed by atoms with E-state index >= 15 is 0 Å². The second-order valence-electron chi connectivity index (χ2n) is 5.39. The first-order chi connectivity index (χ1) is 11.0. The lowest BCUT2D eigenvalue weighted by Crippen LogP contribution is -2.51. The van der Waals surface area contributed by atoms with Crippen LogP contribution < -0.4 is 0 Å². The lowest BCUT2D eigenvalue weighted by Gasteiger charge is -2.37. The summed E-state index contributed by atoms with van der Waals surface area (Å²) in [4.78, 5) is 24.7. The van der Waals surface area contributed by atoms with E-state index in [0.29, 0.717) is 0 Å². The van der Waals surface area contributed by atoms with Gasteiger partial charge in [0.2, 0.25) is 0 Å². The molecule has 0 spiro atoms. The number of hydrogen-bond acceptors (Lipinski definition) is 4. The van der Waals surface area contributed by atoms with Crippen molar-refractivity contribution in [1.29, 1.82) is 0 Å². The van der Waals surface area contributed by atoms with E-state index in [1.165, 1.54) is 7.11 Å². The summed E-state index contributed by atoms with van der Waals surface area (Å²) < 4.78 is 36.0. The van der Waals surface area contributed by atoms with Crippen LogP contribution in [0.2, 0.25) is 0 Å². The molecular weight excluding hydrogens is 308 g/mol. The maximum atomic E-state index is 13.1. The molecule has 126 valence electrons. The molecule has 1 fully saturated rings. The van der Waals surface area contributed by atoms with Crippen molar-refractivity contribution in [3.05, 3.63) is 35.9 Å². The highest BCUT2D eigenvalue weighted by atomic mass is 19.3. The molecule has 0 bridgehead atoms. The molecule has 0 N–H and O–H groups in total. The number of benzene rings is 1. The van der Waals surface area contributed by atoms with Crippen LogP contribution in [0.1, 0.15) is 18.4 Å². The summed E-state index contributed by atoms with van der Waals surface area (Å²) in [5, 5.41) is 0. The van der Waals surface area contributed by atoms with Crippen molar-refractivity contribution in [2.75, 3.05) is 13.7 Å². The molecule has 0 aliphatic carbocycles. The fourth-order valence-electron chi connectivity index (χ4n) is 2.63. The van der Waals surface area contributed by atoms with Crippen molar-refractivity contribution in [1.82, 2.24) is 4.90 Å². The number of nitrogens with zero attached hydrogens (tertiary/aromatic N) is 1. The van der Waals surface area contributed by atoms with Gasteiger partial charge >= 0.3 is 12.1 Å². The van der Waals surface area contributed by atoms with E-state index in [1.807, 2.05) is 6.07 Å². The minimum absolute atomic E-state index is 0.00494. The number of rotatable bonds is 4. The van der Waals surface area contributed by atoms with Gasteiger partial charge in [-0.1, -0.05) is 30.3 Å². The molecule has 1 aromatic carbocycles. The molecule has 2 atom stereocenters. The number of amides is 1. The van der Waals surface area contributed by atoms with Gasteiger partial charge in [0.15, 0.2) is 0 Å². The Kier molecular flexibility index (Phi) is 5.90.